The van der Waals surface area contributed by atoms with Crippen molar-refractivity contribution in [3.63, 3.8) is 0 Å². The van der Waals surface area contributed by atoms with Crippen LogP contribution in [-0.2, 0) is 0 Å². The molecule has 0 unspecified atom stereocenters. The third kappa shape index (κ3) is 2.99. The summed E-state index contributed by atoms with van der Waals surface area (Å²) in [5.74, 6) is -0.794. The highest BCUT2D eigenvalue weighted by Crippen LogP contribution is 2.16. The molecule has 0 radical (unpaired) electrons. The summed E-state index contributed by atoms with van der Waals surface area (Å²) in [6.45, 7) is 0. The number of rotatable bonds is 3. The molecule has 6 heteroatoms. The molecule has 2 aromatic carbocycles. The average molecular weight is 316 g/mol. The van der Waals surface area contributed by atoms with Gasteiger partial charge in [0.05, 0.1) is 11.3 Å². The molecule has 110 valence electrons. The zero-order valence-electron chi connectivity index (χ0n) is 11.3. The number of amides is 1. The van der Waals surface area contributed by atoms with E-state index >= 15 is 0 Å². The number of benzene rings is 2. The molecule has 0 aliphatic rings. The van der Waals surface area contributed by atoms with Crippen molar-refractivity contribution in [3.05, 3.63) is 77.2 Å². The summed E-state index contributed by atoms with van der Waals surface area (Å²) in [6.07, 6.45) is 1.68. The van der Waals surface area contributed by atoms with Gasteiger partial charge in [-0.05, 0) is 30.3 Å². The van der Waals surface area contributed by atoms with Crippen molar-refractivity contribution in [1.29, 1.82) is 0 Å². The Kier molecular flexibility index (Phi) is 3.89. The maximum absolute atomic E-state index is 13.6. The normalized spacial score (nSPS) is 10.5. The predicted octanol–water partition coefficient (Wildman–Crippen LogP) is 3.92. The van der Waals surface area contributed by atoms with E-state index in [1.54, 1.807) is 41.2 Å². The van der Waals surface area contributed by atoms with Gasteiger partial charge in [-0.15, -0.1) is 0 Å². The Morgan fingerprint density at radius 1 is 1.14 bits per heavy atom. The third-order valence-corrected chi connectivity index (χ3v) is 3.26. The van der Waals surface area contributed by atoms with Crippen LogP contribution < -0.4 is 5.32 Å². The molecule has 0 spiro atoms. The minimum Gasteiger partial charge on any atom is -0.305 e. The SMILES string of the molecule is O=C(Nc1ccn(-c2cccc(Cl)c2)n1)c1ccccc1F. The van der Waals surface area contributed by atoms with Gasteiger partial charge in [0.2, 0.25) is 0 Å². The van der Waals surface area contributed by atoms with Gasteiger partial charge in [0.15, 0.2) is 5.82 Å². The molecule has 0 saturated heterocycles. The first-order valence-corrected chi connectivity index (χ1v) is 6.89. The van der Waals surface area contributed by atoms with Gasteiger partial charge in [0, 0.05) is 17.3 Å². The number of aromatic nitrogens is 2. The second-order valence-corrected chi connectivity index (χ2v) is 5.00. The lowest BCUT2D eigenvalue weighted by molar-refractivity contribution is 0.102. The van der Waals surface area contributed by atoms with Crippen LogP contribution in [0, 0.1) is 5.82 Å². The Morgan fingerprint density at radius 2 is 1.95 bits per heavy atom. The van der Waals surface area contributed by atoms with E-state index in [1.807, 2.05) is 6.07 Å². The van der Waals surface area contributed by atoms with Gasteiger partial charge >= 0.3 is 0 Å². The smallest absolute Gasteiger partial charge is 0.259 e. The van der Waals surface area contributed by atoms with Crippen molar-refractivity contribution in [1.82, 2.24) is 9.78 Å². The molecule has 4 nitrogen and oxygen atoms in total. The van der Waals surface area contributed by atoms with Crippen LogP contribution >= 0.6 is 11.6 Å². The minimum absolute atomic E-state index is 0.0280. The Hall–Kier alpha value is -2.66. The molecule has 3 rings (SSSR count). The molecule has 0 atom stereocenters. The zero-order valence-corrected chi connectivity index (χ0v) is 12.1. The third-order valence-electron chi connectivity index (χ3n) is 3.02. The number of nitrogens with one attached hydrogen (secondary N) is 1. The summed E-state index contributed by atoms with van der Waals surface area (Å²) < 4.78 is 15.1. The van der Waals surface area contributed by atoms with Crippen molar-refractivity contribution in [3.8, 4) is 5.69 Å². The molecule has 1 amide bonds. The van der Waals surface area contributed by atoms with Gasteiger partial charge in [-0.2, -0.15) is 5.10 Å². The number of hydrogen-bond donors (Lipinski definition) is 1. The topological polar surface area (TPSA) is 46.9 Å². The number of anilines is 1. The monoisotopic (exact) mass is 315 g/mol. The molecule has 0 bridgehead atoms. The zero-order chi connectivity index (χ0) is 15.5. The van der Waals surface area contributed by atoms with Crippen LogP contribution in [0.15, 0.2) is 60.8 Å². The maximum Gasteiger partial charge on any atom is 0.259 e. The van der Waals surface area contributed by atoms with Crippen molar-refractivity contribution in [2.24, 2.45) is 0 Å². The molecule has 0 aliphatic heterocycles. The number of nitrogens with zero attached hydrogens (tertiary/aromatic N) is 2. The van der Waals surface area contributed by atoms with E-state index in [1.165, 1.54) is 18.2 Å². The van der Waals surface area contributed by atoms with Crippen molar-refractivity contribution < 1.29 is 9.18 Å². The van der Waals surface area contributed by atoms with E-state index in [0.717, 1.165) is 5.69 Å². The Bertz CT molecular complexity index is 832. The first kappa shape index (κ1) is 14.3. The van der Waals surface area contributed by atoms with Crippen molar-refractivity contribution >= 4 is 23.3 Å². The summed E-state index contributed by atoms with van der Waals surface area (Å²) in [5, 5.41) is 7.37. The molecule has 3 aromatic rings. The number of hydrogen-bond acceptors (Lipinski definition) is 2. The van der Waals surface area contributed by atoms with Gasteiger partial charge in [0.25, 0.3) is 5.91 Å². The number of carbonyl (C=O) groups is 1. The molecule has 0 saturated carbocycles. The highest BCUT2D eigenvalue weighted by molar-refractivity contribution is 6.30. The summed E-state index contributed by atoms with van der Waals surface area (Å²) in [5.41, 5.74) is 0.735. The quantitative estimate of drug-likeness (QED) is 0.796. The standard InChI is InChI=1S/C16H11ClFN3O/c17-11-4-3-5-12(10-11)21-9-8-15(20-21)19-16(22)13-6-1-2-7-14(13)18/h1-10H,(H,19,20,22). The van der Waals surface area contributed by atoms with Gasteiger partial charge < -0.3 is 5.32 Å². The molecule has 1 N–H and O–H groups in total. The minimum atomic E-state index is -0.575. The summed E-state index contributed by atoms with van der Waals surface area (Å²) in [7, 11) is 0. The van der Waals surface area contributed by atoms with Crippen LogP contribution in [0.2, 0.25) is 5.02 Å². The molecular formula is C16H11ClFN3O. The van der Waals surface area contributed by atoms with Crippen LogP contribution in [0.3, 0.4) is 0 Å². The lowest BCUT2D eigenvalue weighted by atomic mass is 10.2. The Labute approximate surface area is 131 Å². The largest absolute Gasteiger partial charge is 0.305 e. The molecule has 22 heavy (non-hydrogen) atoms. The van der Waals surface area contributed by atoms with E-state index in [-0.39, 0.29) is 5.56 Å². The van der Waals surface area contributed by atoms with Crippen molar-refractivity contribution in [2.75, 3.05) is 5.32 Å². The van der Waals surface area contributed by atoms with Gasteiger partial charge in [-0.3, -0.25) is 4.79 Å². The van der Waals surface area contributed by atoms with Crippen LogP contribution in [-0.4, -0.2) is 15.7 Å². The summed E-state index contributed by atoms with van der Waals surface area (Å²) in [6, 6.07) is 14.5. The molecular weight excluding hydrogens is 305 g/mol. The van der Waals surface area contributed by atoms with E-state index in [2.05, 4.69) is 10.4 Å². The summed E-state index contributed by atoms with van der Waals surface area (Å²) in [4.78, 5) is 12.0. The first-order chi connectivity index (χ1) is 10.6. The highest BCUT2D eigenvalue weighted by Gasteiger charge is 2.12. The fraction of sp³-hybridized carbons (Fsp3) is 0. The Morgan fingerprint density at radius 3 is 2.73 bits per heavy atom. The lowest BCUT2D eigenvalue weighted by Gasteiger charge is -2.04. The fourth-order valence-electron chi connectivity index (χ4n) is 1.98. The van der Waals surface area contributed by atoms with Gasteiger partial charge in [-0.1, -0.05) is 29.8 Å². The van der Waals surface area contributed by atoms with Gasteiger partial charge in [-0.25, -0.2) is 9.07 Å². The average Bonchev–Trinajstić information content (AvgIpc) is 2.96. The molecule has 1 heterocycles. The highest BCUT2D eigenvalue weighted by atomic mass is 35.5. The second-order valence-electron chi connectivity index (χ2n) is 4.56. The lowest BCUT2D eigenvalue weighted by Crippen LogP contribution is -2.14. The molecule has 0 fully saturated rings. The van der Waals surface area contributed by atoms with Crippen LogP contribution in [0.25, 0.3) is 5.69 Å². The van der Waals surface area contributed by atoms with E-state index in [0.29, 0.717) is 10.8 Å². The maximum atomic E-state index is 13.6. The Balaban J connectivity index is 1.80. The predicted molar refractivity (Wildman–Crippen MR) is 82.9 cm³/mol. The second kappa shape index (κ2) is 5.99. The van der Waals surface area contributed by atoms with E-state index in [4.69, 9.17) is 11.6 Å². The van der Waals surface area contributed by atoms with Crippen molar-refractivity contribution in [2.45, 2.75) is 0 Å². The van der Waals surface area contributed by atoms with Gasteiger partial charge in [0.1, 0.15) is 5.82 Å². The van der Waals surface area contributed by atoms with Crippen LogP contribution in [0.1, 0.15) is 10.4 Å². The number of halogens is 2. The molecule has 0 aliphatic carbocycles. The molecule has 1 aromatic heterocycles. The van der Waals surface area contributed by atoms with E-state index in [9.17, 15) is 9.18 Å². The number of carbonyl (C=O) groups excluding carboxylic acids is 1. The van der Waals surface area contributed by atoms with E-state index < -0.39 is 11.7 Å². The fourth-order valence-corrected chi connectivity index (χ4v) is 2.17. The first-order valence-electron chi connectivity index (χ1n) is 6.51. The summed E-state index contributed by atoms with van der Waals surface area (Å²) >= 11 is 5.93. The van der Waals surface area contributed by atoms with Crippen LogP contribution in [0.4, 0.5) is 10.2 Å². The van der Waals surface area contributed by atoms with Crippen LogP contribution in [0.5, 0.6) is 0 Å².